The van der Waals surface area contributed by atoms with E-state index in [0.29, 0.717) is 11.8 Å². The first kappa shape index (κ1) is 28.6. The molecule has 8 aromatic rings. The fraction of sp³-hybridized carbons (Fsp3) is 0.106. The van der Waals surface area contributed by atoms with E-state index < -0.39 is 0 Å². The molecule has 2 aliphatic rings. The molecule has 1 aromatic heterocycles. The Kier molecular flexibility index (Phi) is 6.29. The first-order chi connectivity index (χ1) is 24.0. The highest BCUT2D eigenvalue weighted by Gasteiger charge is 2.44. The number of fused-ring (bicyclic) bond motifs is 9. The molecular formula is C47H35NS. The number of nitrogens with zero attached hydrogens (tertiary/aromatic N) is 1. The maximum atomic E-state index is 2.58. The van der Waals surface area contributed by atoms with E-state index in [1.165, 1.54) is 63.6 Å². The topological polar surface area (TPSA) is 3.24 Å². The minimum atomic E-state index is 0.0940. The molecule has 2 heteroatoms. The maximum absolute atomic E-state index is 2.58. The molecule has 0 bridgehead atoms. The molecule has 49 heavy (non-hydrogen) atoms. The zero-order valence-electron chi connectivity index (χ0n) is 27.6. The van der Waals surface area contributed by atoms with Crippen molar-refractivity contribution >= 4 is 71.5 Å². The molecule has 1 nitrogen and oxygen atoms in total. The summed E-state index contributed by atoms with van der Waals surface area (Å²) in [5.74, 6) is 0.841. The molecule has 0 N–H and O–H groups in total. The van der Waals surface area contributed by atoms with Gasteiger partial charge in [-0.3, -0.25) is 0 Å². The van der Waals surface area contributed by atoms with Gasteiger partial charge in [0, 0.05) is 43.2 Å². The highest BCUT2D eigenvalue weighted by Crippen LogP contribution is 2.52. The van der Waals surface area contributed by atoms with Crippen molar-refractivity contribution in [2.45, 2.75) is 25.2 Å². The second-order valence-electron chi connectivity index (χ2n) is 14.2. The van der Waals surface area contributed by atoms with Crippen molar-refractivity contribution < 1.29 is 0 Å². The molecule has 0 saturated carbocycles. The summed E-state index contributed by atoms with van der Waals surface area (Å²) in [6, 6.07) is 56.0. The lowest BCUT2D eigenvalue weighted by Crippen LogP contribution is -2.36. The predicted molar refractivity (Wildman–Crippen MR) is 211 cm³/mol. The molecule has 0 amide bonds. The van der Waals surface area contributed by atoms with Crippen molar-refractivity contribution in [2.75, 3.05) is 4.90 Å². The average Bonchev–Trinajstić information content (AvgIpc) is 3.63. The number of thiophene rings is 1. The summed E-state index contributed by atoms with van der Waals surface area (Å²) in [5, 5.41) is 7.98. The molecule has 2 unspecified atom stereocenters. The summed E-state index contributed by atoms with van der Waals surface area (Å²) >= 11 is 1.86. The van der Waals surface area contributed by atoms with Crippen molar-refractivity contribution in [3.05, 3.63) is 173 Å². The fourth-order valence-corrected chi connectivity index (χ4v) is 9.81. The summed E-state index contributed by atoms with van der Waals surface area (Å²) < 4.78 is 2.64. The van der Waals surface area contributed by atoms with Crippen LogP contribution in [0.1, 0.15) is 30.9 Å². The van der Waals surface area contributed by atoms with Crippen LogP contribution in [0.3, 0.4) is 0 Å². The van der Waals surface area contributed by atoms with Crippen LogP contribution in [-0.2, 0) is 5.41 Å². The fourth-order valence-electron chi connectivity index (χ4n) is 8.72. The third kappa shape index (κ3) is 4.37. The quantitative estimate of drug-likeness (QED) is 0.184. The van der Waals surface area contributed by atoms with Gasteiger partial charge >= 0.3 is 0 Å². The van der Waals surface area contributed by atoms with E-state index in [-0.39, 0.29) is 5.41 Å². The van der Waals surface area contributed by atoms with Gasteiger partial charge in [-0.05, 0) is 109 Å². The van der Waals surface area contributed by atoms with E-state index >= 15 is 0 Å². The van der Waals surface area contributed by atoms with Crippen molar-refractivity contribution in [1.29, 1.82) is 0 Å². The Morgan fingerprint density at radius 3 is 2.02 bits per heavy atom. The predicted octanol–water partition coefficient (Wildman–Crippen LogP) is 11.6. The monoisotopic (exact) mass is 645 g/mol. The summed E-state index contributed by atoms with van der Waals surface area (Å²) in [5.41, 5.74) is 9.03. The van der Waals surface area contributed by atoms with E-state index in [0.717, 1.165) is 17.1 Å². The van der Waals surface area contributed by atoms with Crippen molar-refractivity contribution in [3.8, 4) is 11.1 Å². The zero-order valence-corrected chi connectivity index (χ0v) is 28.4. The Bertz CT molecular complexity index is 2700. The zero-order chi connectivity index (χ0) is 32.7. The highest BCUT2D eigenvalue weighted by molar-refractivity contribution is 7.25. The Balaban J connectivity index is 1.11. The second-order valence-corrected chi connectivity index (χ2v) is 15.2. The largest absolute Gasteiger partial charge is 0.310 e. The third-order valence-corrected chi connectivity index (χ3v) is 12.3. The van der Waals surface area contributed by atoms with Crippen molar-refractivity contribution in [3.63, 3.8) is 0 Å². The van der Waals surface area contributed by atoms with E-state index in [4.69, 9.17) is 0 Å². The molecule has 0 saturated heterocycles. The highest BCUT2D eigenvalue weighted by atomic mass is 32.1. The van der Waals surface area contributed by atoms with Crippen LogP contribution in [0.5, 0.6) is 0 Å². The lowest BCUT2D eigenvalue weighted by atomic mass is 9.73. The Morgan fingerprint density at radius 2 is 1.18 bits per heavy atom. The molecular weight excluding hydrogens is 611 g/mol. The molecule has 10 rings (SSSR count). The number of benzene rings is 7. The third-order valence-electron chi connectivity index (χ3n) is 11.1. The van der Waals surface area contributed by atoms with E-state index in [9.17, 15) is 0 Å². The van der Waals surface area contributed by atoms with Crippen LogP contribution in [0, 0.1) is 5.92 Å². The van der Waals surface area contributed by atoms with Gasteiger partial charge in [0.15, 0.2) is 0 Å². The molecule has 1 heterocycles. The lowest BCUT2D eigenvalue weighted by Gasteiger charge is -2.30. The molecule has 0 radical (unpaired) electrons. The Labute approximate surface area is 290 Å². The van der Waals surface area contributed by atoms with Crippen LogP contribution < -0.4 is 15.3 Å². The second kappa shape index (κ2) is 10.8. The average molecular weight is 646 g/mol. The molecule has 7 aromatic carbocycles. The molecule has 0 aliphatic heterocycles. The van der Waals surface area contributed by atoms with Gasteiger partial charge < -0.3 is 4.90 Å². The van der Waals surface area contributed by atoms with E-state index in [2.05, 4.69) is 183 Å². The number of hydrogen-bond acceptors (Lipinski definition) is 2. The number of rotatable bonds is 4. The molecule has 2 atom stereocenters. The van der Waals surface area contributed by atoms with Gasteiger partial charge in [0.1, 0.15) is 0 Å². The standard InChI is InChI=1S/C47H35NS/c1-47(2)43-18-10-8-16-37(43)41-27-31-26-39(35-14-6-7-15-36(35)40(31)29-44(41)47)30-20-22-33(23-21-30)48(32-12-4-3-5-13-32)34-24-25-46-42(28-34)38-17-9-11-19-45(38)49-46/h3-29,41,44H,1-2H3. The summed E-state index contributed by atoms with van der Waals surface area (Å²) in [6.07, 6.45) is 5.14. The maximum Gasteiger partial charge on any atom is 0.0468 e. The normalized spacial score (nSPS) is 17.3. The van der Waals surface area contributed by atoms with Gasteiger partial charge in [0.25, 0.3) is 0 Å². The minimum absolute atomic E-state index is 0.0940. The SMILES string of the molecule is CC1(C)c2ccccc2C2C=c3cc(-c4ccc(N(c5ccccc5)c5ccc6sc7ccccc7c6c5)cc4)c4ccccc4c3=CC21. The lowest BCUT2D eigenvalue weighted by molar-refractivity contribution is 0.422. The summed E-state index contributed by atoms with van der Waals surface area (Å²) in [6.45, 7) is 4.84. The number of anilines is 3. The molecule has 234 valence electrons. The molecule has 0 fully saturated rings. The van der Waals surface area contributed by atoms with Gasteiger partial charge in [-0.25, -0.2) is 0 Å². The van der Waals surface area contributed by atoms with Gasteiger partial charge in [-0.15, -0.1) is 11.3 Å². The number of hydrogen-bond donors (Lipinski definition) is 0. The van der Waals surface area contributed by atoms with Gasteiger partial charge in [-0.2, -0.15) is 0 Å². The van der Waals surface area contributed by atoms with Gasteiger partial charge in [-0.1, -0.05) is 123 Å². The summed E-state index contributed by atoms with van der Waals surface area (Å²) in [7, 11) is 0. The van der Waals surface area contributed by atoms with Crippen LogP contribution in [0.25, 0.3) is 54.2 Å². The Morgan fingerprint density at radius 1 is 0.531 bits per heavy atom. The first-order valence-corrected chi connectivity index (χ1v) is 18.1. The smallest absolute Gasteiger partial charge is 0.0468 e. The van der Waals surface area contributed by atoms with Gasteiger partial charge in [0.2, 0.25) is 0 Å². The van der Waals surface area contributed by atoms with Crippen LogP contribution in [-0.4, -0.2) is 0 Å². The van der Waals surface area contributed by atoms with Crippen molar-refractivity contribution in [2.24, 2.45) is 5.92 Å². The first-order valence-electron chi connectivity index (χ1n) is 17.3. The van der Waals surface area contributed by atoms with Crippen LogP contribution >= 0.6 is 11.3 Å². The number of para-hydroxylation sites is 1. The van der Waals surface area contributed by atoms with E-state index in [1.54, 1.807) is 0 Å². The molecule has 0 spiro atoms. The van der Waals surface area contributed by atoms with E-state index in [1.807, 2.05) is 11.3 Å². The minimum Gasteiger partial charge on any atom is -0.310 e. The van der Waals surface area contributed by atoms with Crippen LogP contribution in [0.2, 0.25) is 0 Å². The van der Waals surface area contributed by atoms with Crippen molar-refractivity contribution in [1.82, 2.24) is 0 Å². The van der Waals surface area contributed by atoms with Gasteiger partial charge in [0.05, 0.1) is 0 Å². The van der Waals surface area contributed by atoms with Crippen LogP contribution in [0.4, 0.5) is 17.1 Å². The Hall–Kier alpha value is -5.44. The van der Waals surface area contributed by atoms with Crippen LogP contribution in [0.15, 0.2) is 152 Å². The summed E-state index contributed by atoms with van der Waals surface area (Å²) in [4.78, 5) is 2.38. The molecule has 2 aliphatic carbocycles.